The number of benzene rings is 1. The van der Waals surface area contributed by atoms with E-state index in [1.54, 1.807) is 12.1 Å². The summed E-state index contributed by atoms with van der Waals surface area (Å²) in [6.45, 7) is 0. The fourth-order valence-electron chi connectivity index (χ4n) is 2.68. The molecule has 20 heavy (non-hydrogen) atoms. The lowest BCUT2D eigenvalue weighted by atomic mass is 9.88. The summed E-state index contributed by atoms with van der Waals surface area (Å²) >= 11 is 0. The number of hydrogen-bond acceptors (Lipinski definition) is 6. The number of Topliss-reactive ketones (excluding diaryl/α,β-unsaturated/α-hetero) is 1. The van der Waals surface area contributed by atoms with Gasteiger partial charge in [0.05, 0.1) is 5.56 Å². The molecule has 6 nitrogen and oxygen atoms in total. The Morgan fingerprint density at radius 2 is 2.00 bits per heavy atom. The van der Waals surface area contributed by atoms with Crippen molar-refractivity contribution in [2.24, 2.45) is 0 Å². The highest BCUT2D eigenvalue weighted by Gasteiger charge is 2.46. The quantitative estimate of drug-likeness (QED) is 0.863. The van der Waals surface area contributed by atoms with E-state index >= 15 is 0 Å². The molecule has 6 heteroatoms. The maximum Gasteiger partial charge on any atom is 0.198 e. The van der Waals surface area contributed by atoms with Crippen LogP contribution in [0.1, 0.15) is 22.2 Å². The van der Waals surface area contributed by atoms with Gasteiger partial charge in [-0.1, -0.05) is 12.1 Å². The number of carbonyl (C=O) groups is 1. The van der Waals surface area contributed by atoms with E-state index in [1.807, 2.05) is 0 Å². The highest BCUT2D eigenvalue weighted by Crippen LogP contribution is 2.41. The number of aliphatic hydroxyl groups excluding tert-OH is 1. The second kappa shape index (κ2) is 4.59. The predicted octanol–water partition coefficient (Wildman–Crippen LogP) is 1.40. The van der Waals surface area contributed by atoms with E-state index in [1.165, 1.54) is 20.3 Å². The minimum absolute atomic E-state index is 0.0835. The Morgan fingerprint density at radius 1 is 1.25 bits per heavy atom. The summed E-state index contributed by atoms with van der Waals surface area (Å²) in [4.78, 5) is 12.5. The lowest BCUT2D eigenvalue weighted by molar-refractivity contribution is -0.0933. The summed E-state index contributed by atoms with van der Waals surface area (Å²) < 4.78 is 15.8. The number of aromatic hydroxyl groups is 1. The Bertz CT molecular complexity index is 674. The molecular weight excluding hydrogens is 264 g/mol. The number of carbonyl (C=O) groups excluding carboxylic acids is 1. The lowest BCUT2D eigenvalue weighted by Gasteiger charge is -2.31. The summed E-state index contributed by atoms with van der Waals surface area (Å²) in [6, 6.07) is 4.72. The van der Waals surface area contributed by atoms with Crippen molar-refractivity contribution in [1.29, 1.82) is 0 Å². The van der Waals surface area contributed by atoms with Gasteiger partial charge in [-0.25, -0.2) is 0 Å². The van der Waals surface area contributed by atoms with Crippen LogP contribution < -0.4 is 0 Å². The summed E-state index contributed by atoms with van der Waals surface area (Å²) in [6.07, 6.45) is -2.89. The first-order valence-electron chi connectivity index (χ1n) is 6.12. The van der Waals surface area contributed by atoms with Crippen LogP contribution in [0.5, 0.6) is 5.75 Å². The van der Waals surface area contributed by atoms with Gasteiger partial charge >= 0.3 is 0 Å². The molecule has 1 aliphatic rings. The molecule has 1 aromatic heterocycles. The summed E-state index contributed by atoms with van der Waals surface area (Å²) in [5, 5.41) is 20.5. The summed E-state index contributed by atoms with van der Waals surface area (Å²) in [5.74, 6) is -0.310. The third-order valence-electron chi connectivity index (χ3n) is 3.63. The van der Waals surface area contributed by atoms with Crippen molar-refractivity contribution in [3.05, 3.63) is 29.5 Å². The largest absolute Gasteiger partial charge is 0.504 e. The van der Waals surface area contributed by atoms with E-state index in [9.17, 15) is 15.0 Å². The van der Waals surface area contributed by atoms with E-state index in [-0.39, 0.29) is 28.4 Å². The van der Waals surface area contributed by atoms with Crippen LogP contribution >= 0.6 is 0 Å². The van der Waals surface area contributed by atoms with E-state index in [0.717, 1.165) is 0 Å². The molecule has 0 fully saturated rings. The van der Waals surface area contributed by atoms with Crippen molar-refractivity contribution >= 4 is 16.8 Å². The fourth-order valence-corrected chi connectivity index (χ4v) is 2.68. The smallest absolute Gasteiger partial charge is 0.198 e. The van der Waals surface area contributed by atoms with Crippen LogP contribution in [0.3, 0.4) is 0 Å². The second-order valence-corrected chi connectivity index (χ2v) is 4.66. The van der Waals surface area contributed by atoms with Crippen LogP contribution in [0.15, 0.2) is 22.6 Å². The molecule has 3 unspecified atom stereocenters. The SMILES string of the molecule is COC1C(=O)c2c(oc3c(O)cccc23)C(O)C1OC. The number of rotatable bonds is 2. The Kier molecular flexibility index (Phi) is 3.01. The zero-order valence-electron chi connectivity index (χ0n) is 11.0. The maximum atomic E-state index is 12.5. The van der Waals surface area contributed by atoms with E-state index in [4.69, 9.17) is 13.9 Å². The molecule has 2 aromatic rings. The van der Waals surface area contributed by atoms with Gasteiger partial charge in [0.1, 0.15) is 24.1 Å². The molecular formula is C14H14O6. The highest BCUT2D eigenvalue weighted by molar-refractivity contribution is 6.12. The zero-order chi connectivity index (χ0) is 14.4. The third-order valence-corrected chi connectivity index (χ3v) is 3.63. The first-order valence-corrected chi connectivity index (χ1v) is 6.12. The number of phenols is 1. The van der Waals surface area contributed by atoms with Crippen molar-refractivity contribution in [3.63, 3.8) is 0 Å². The molecule has 3 rings (SSSR count). The molecule has 1 heterocycles. The third kappa shape index (κ3) is 1.59. The van der Waals surface area contributed by atoms with Crippen molar-refractivity contribution in [3.8, 4) is 5.75 Å². The van der Waals surface area contributed by atoms with Gasteiger partial charge in [-0.15, -0.1) is 0 Å². The number of ether oxygens (including phenoxy) is 2. The number of para-hydroxylation sites is 1. The average Bonchev–Trinajstić information content (AvgIpc) is 2.84. The number of hydrogen-bond donors (Lipinski definition) is 2. The second-order valence-electron chi connectivity index (χ2n) is 4.66. The summed E-state index contributed by atoms with van der Waals surface area (Å²) in [7, 11) is 2.77. The first kappa shape index (κ1) is 13.1. The topological polar surface area (TPSA) is 89.1 Å². The van der Waals surface area contributed by atoms with Crippen LogP contribution in [0, 0.1) is 0 Å². The summed E-state index contributed by atoms with van der Waals surface area (Å²) in [5.41, 5.74) is 0.417. The van der Waals surface area contributed by atoms with Crippen molar-refractivity contribution in [2.45, 2.75) is 18.3 Å². The highest BCUT2D eigenvalue weighted by atomic mass is 16.5. The minimum Gasteiger partial charge on any atom is -0.504 e. The van der Waals surface area contributed by atoms with Crippen molar-refractivity contribution in [2.75, 3.05) is 14.2 Å². The number of ketones is 1. The van der Waals surface area contributed by atoms with Gasteiger partial charge in [0.2, 0.25) is 0 Å². The lowest BCUT2D eigenvalue weighted by Crippen LogP contribution is -2.45. The number of furan rings is 1. The van der Waals surface area contributed by atoms with Crippen LogP contribution in [0.2, 0.25) is 0 Å². The standard InChI is InChI=1S/C14H14O6/c1-18-13-9(16)8-6-4-3-5-7(15)11(6)20-12(8)10(17)14(13)19-2/h3-5,10,13-15,17H,1-2H3. The van der Waals surface area contributed by atoms with Gasteiger partial charge in [0.15, 0.2) is 17.1 Å². The normalized spacial score (nSPS) is 25.9. The maximum absolute atomic E-state index is 12.5. The number of aliphatic hydroxyl groups is 1. The van der Waals surface area contributed by atoms with Crippen molar-refractivity contribution in [1.82, 2.24) is 0 Å². The van der Waals surface area contributed by atoms with Crippen LogP contribution in [0.25, 0.3) is 11.0 Å². The van der Waals surface area contributed by atoms with E-state index in [2.05, 4.69) is 0 Å². The van der Waals surface area contributed by atoms with Gasteiger partial charge in [-0.3, -0.25) is 4.79 Å². The van der Waals surface area contributed by atoms with Crippen LogP contribution in [-0.2, 0) is 9.47 Å². The van der Waals surface area contributed by atoms with Crippen LogP contribution in [0.4, 0.5) is 0 Å². The first-order chi connectivity index (χ1) is 9.60. The average molecular weight is 278 g/mol. The molecule has 106 valence electrons. The Morgan fingerprint density at radius 3 is 2.65 bits per heavy atom. The predicted molar refractivity (Wildman–Crippen MR) is 68.8 cm³/mol. The number of fused-ring (bicyclic) bond motifs is 3. The van der Waals surface area contributed by atoms with Crippen molar-refractivity contribution < 1.29 is 28.9 Å². The van der Waals surface area contributed by atoms with Gasteiger partial charge < -0.3 is 24.1 Å². The molecule has 0 radical (unpaired) electrons. The molecule has 0 amide bonds. The van der Waals surface area contributed by atoms with Gasteiger partial charge in [-0.05, 0) is 6.07 Å². The molecule has 1 aliphatic carbocycles. The molecule has 0 saturated carbocycles. The Labute approximate surface area is 114 Å². The Balaban J connectivity index is 2.29. The van der Waals surface area contributed by atoms with Crippen LogP contribution in [-0.4, -0.2) is 42.4 Å². The monoisotopic (exact) mass is 278 g/mol. The molecule has 1 aromatic carbocycles. The van der Waals surface area contributed by atoms with E-state index < -0.39 is 18.3 Å². The Hall–Kier alpha value is -1.89. The molecule has 0 aliphatic heterocycles. The van der Waals surface area contributed by atoms with E-state index in [0.29, 0.717) is 5.39 Å². The molecule has 2 N–H and O–H groups in total. The van der Waals surface area contributed by atoms with Gasteiger partial charge in [0, 0.05) is 19.6 Å². The molecule has 0 spiro atoms. The van der Waals surface area contributed by atoms with Gasteiger partial charge in [-0.2, -0.15) is 0 Å². The number of phenolic OH excluding ortho intramolecular Hbond substituents is 1. The van der Waals surface area contributed by atoms with Gasteiger partial charge in [0.25, 0.3) is 0 Å². The molecule has 3 atom stereocenters. The zero-order valence-corrected chi connectivity index (χ0v) is 11.0. The molecule has 0 bridgehead atoms. The number of methoxy groups -OCH3 is 2. The molecule has 0 saturated heterocycles. The fraction of sp³-hybridized carbons (Fsp3) is 0.357. The minimum atomic E-state index is -1.13.